The monoisotopic (exact) mass is 570 g/mol. The van der Waals surface area contributed by atoms with Gasteiger partial charge in [0.1, 0.15) is 0 Å². The molecule has 4 aromatic rings. The number of hydrogen-bond acceptors (Lipinski definition) is 0. The van der Waals surface area contributed by atoms with Gasteiger partial charge in [0.15, 0.2) is 0 Å². The Morgan fingerprint density at radius 1 is 0.356 bits per heavy atom. The second kappa shape index (κ2) is 11.9. The Kier molecular flexibility index (Phi) is 7.38. The van der Waals surface area contributed by atoms with Crippen LogP contribution in [0, 0.1) is 53.3 Å². The summed E-state index contributed by atoms with van der Waals surface area (Å²) in [5.74, 6) is 21.2. The normalized spacial score (nSPS) is 18.1. The van der Waals surface area contributed by atoms with E-state index in [1.165, 1.54) is 33.4 Å². The summed E-state index contributed by atoms with van der Waals surface area (Å²) in [7, 11) is 0. The molecular formula is C45H30. The molecule has 0 bridgehead atoms. The van der Waals surface area contributed by atoms with Crippen molar-refractivity contribution in [1.29, 1.82) is 0 Å². The van der Waals surface area contributed by atoms with Crippen molar-refractivity contribution in [3.05, 3.63) is 197 Å². The lowest BCUT2D eigenvalue weighted by atomic mass is 10.0. The van der Waals surface area contributed by atoms with E-state index in [4.69, 9.17) is 0 Å². The van der Waals surface area contributed by atoms with Crippen LogP contribution in [-0.4, -0.2) is 0 Å². The van der Waals surface area contributed by atoms with E-state index in [1.54, 1.807) is 0 Å². The summed E-state index contributed by atoms with van der Waals surface area (Å²) < 4.78 is 0. The first-order valence-corrected chi connectivity index (χ1v) is 15.2. The number of hydrogen-bond donors (Lipinski definition) is 0. The van der Waals surface area contributed by atoms with E-state index in [-0.39, 0.29) is 0 Å². The molecule has 0 nitrogen and oxygen atoms in total. The number of rotatable bonds is 6. The molecule has 0 saturated heterocycles. The Labute approximate surface area is 266 Å². The van der Waals surface area contributed by atoms with E-state index in [0.29, 0.717) is 17.8 Å². The van der Waals surface area contributed by atoms with Gasteiger partial charge in [-0.1, -0.05) is 108 Å². The predicted octanol–water partition coefficient (Wildman–Crippen LogP) is 9.48. The Morgan fingerprint density at radius 3 is 0.822 bits per heavy atom. The van der Waals surface area contributed by atoms with Crippen molar-refractivity contribution in [2.75, 3.05) is 0 Å². The molecule has 0 radical (unpaired) electrons. The lowest BCUT2D eigenvalue weighted by molar-refractivity contribution is 1.27. The first-order chi connectivity index (χ1) is 22.1. The van der Waals surface area contributed by atoms with Crippen LogP contribution in [0.4, 0.5) is 0 Å². The lowest BCUT2D eigenvalue weighted by Crippen LogP contribution is -1.86. The highest BCUT2D eigenvalue weighted by atomic mass is 14.3. The lowest BCUT2D eigenvalue weighted by Gasteiger charge is -2.00. The van der Waals surface area contributed by atoms with Crippen LogP contribution in [0.25, 0.3) is 16.7 Å². The van der Waals surface area contributed by atoms with Crippen molar-refractivity contribution < 1.29 is 0 Å². The van der Waals surface area contributed by atoms with Crippen molar-refractivity contribution in [2.24, 2.45) is 17.8 Å². The molecule has 0 aliphatic heterocycles. The average Bonchev–Trinajstić information content (AvgIpc) is 3.98. The summed E-state index contributed by atoms with van der Waals surface area (Å²) in [6, 6.07) is 31.3. The second-order valence-corrected chi connectivity index (χ2v) is 11.4. The highest BCUT2D eigenvalue weighted by Gasteiger charge is 2.23. The van der Waals surface area contributed by atoms with Gasteiger partial charge >= 0.3 is 0 Å². The maximum absolute atomic E-state index is 3.88. The Hall–Kier alpha value is -6.00. The summed E-state index contributed by atoms with van der Waals surface area (Å²) in [5, 5.41) is 0. The highest BCUT2D eigenvalue weighted by Crippen LogP contribution is 2.40. The summed E-state index contributed by atoms with van der Waals surface area (Å²) in [6.45, 7) is 11.7. The standard InChI is InChI=1S/C45H30/c1-4-37-28-43(37)40-19-13-31(14-20-40)7-10-34-25-35(11-8-32-15-21-41(22-16-32)44-29-38(44)5-2)27-36(26-34)12-9-33-17-23-42(24-18-33)45-30-39(45)6-3/h4-6,13-30,37-39H,1-3H2. The molecule has 0 heterocycles. The first-order valence-electron chi connectivity index (χ1n) is 15.2. The van der Waals surface area contributed by atoms with E-state index in [2.05, 4.69) is 146 Å². The van der Waals surface area contributed by atoms with Gasteiger partial charge in [-0.3, -0.25) is 0 Å². The third-order valence-electron chi connectivity index (χ3n) is 8.23. The molecule has 210 valence electrons. The minimum Gasteiger partial charge on any atom is -0.102 e. The summed E-state index contributed by atoms with van der Waals surface area (Å²) >= 11 is 0. The zero-order chi connectivity index (χ0) is 30.8. The van der Waals surface area contributed by atoms with Crippen LogP contribution in [0.5, 0.6) is 0 Å². The van der Waals surface area contributed by atoms with Gasteiger partial charge in [-0.15, -0.1) is 19.7 Å². The highest BCUT2D eigenvalue weighted by molar-refractivity contribution is 5.84. The third-order valence-corrected chi connectivity index (χ3v) is 8.23. The van der Waals surface area contributed by atoms with Crippen molar-refractivity contribution in [3.63, 3.8) is 0 Å². The molecule has 0 N–H and O–H groups in total. The van der Waals surface area contributed by atoms with Crippen LogP contribution in [-0.2, 0) is 0 Å². The molecule has 3 aliphatic rings. The first kappa shape index (κ1) is 27.8. The van der Waals surface area contributed by atoms with Gasteiger partial charge in [0.05, 0.1) is 0 Å². The quantitative estimate of drug-likeness (QED) is 0.160. The van der Waals surface area contributed by atoms with Crippen LogP contribution < -0.4 is 0 Å². The molecule has 0 saturated carbocycles. The Balaban J connectivity index is 1.14. The molecular weight excluding hydrogens is 540 g/mol. The van der Waals surface area contributed by atoms with Crippen LogP contribution in [0.2, 0.25) is 0 Å². The van der Waals surface area contributed by atoms with Gasteiger partial charge in [0, 0.05) is 51.1 Å². The van der Waals surface area contributed by atoms with Crippen molar-refractivity contribution in [3.8, 4) is 35.5 Å². The molecule has 45 heavy (non-hydrogen) atoms. The van der Waals surface area contributed by atoms with Crippen LogP contribution in [0.15, 0.2) is 147 Å². The molecule has 0 fully saturated rings. The van der Waals surface area contributed by atoms with Crippen molar-refractivity contribution in [1.82, 2.24) is 0 Å². The van der Waals surface area contributed by atoms with Gasteiger partial charge < -0.3 is 0 Å². The molecule has 3 aliphatic carbocycles. The fourth-order valence-corrected chi connectivity index (χ4v) is 5.40. The second-order valence-electron chi connectivity index (χ2n) is 11.4. The maximum atomic E-state index is 3.88. The van der Waals surface area contributed by atoms with E-state index < -0.39 is 0 Å². The third kappa shape index (κ3) is 6.51. The molecule has 0 amide bonds. The Morgan fingerprint density at radius 2 is 0.600 bits per heavy atom. The minimum atomic E-state index is 0.404. The van der Waals surface area contributed by atoms with Crippen molar-refractivity contribution in [2.45, 2.75) is 0 Å². The smallest absolute Gasteiger partial charge is 0.0273 e. The molecule has 0 aromatic heterocycles. The van der Waals surface area contributed by atoms with E-state index in [0.717, 1.165) is 33.4 Å². The van der Waals surface area contributed by atoms with Crippen LogP contribution in [0.3, 0.4) is 0 Å². The van der Waals surface area contributed by atoms with Crippen molar-refractivity contribution >= 4 is 16.7 Å². The minimum absolute atomic E-state index is 0.404. The molecule has 7 rings (SSSR count). The summed E-state index contributed by atoms with van der Waals surface area (Å²) in [4.78, 5) is 0. The van der Waals surface area contributed by atoms with Gasteiger partial charge in [-0.05, 0) is 88.0 Å². The molecule has 3 atom stereocenters. The topological polar surface area (TPSA) is 0 Å². The molecule has 3 unspecified atom stereocenters. The molecule has 0 spiro atoms. The van der Waals surface area contributed by atoms with Gasteiger partial charge in [-0.2, -0.15) is 0 Å². The van der Waals surface area contributed by atoms with Crippen LogP contribution >= 0.6 is 0 Å². The zero-order valence-corrected chi connectivity index (χ0v) is 25.0. The maximum Gasteiger partial charge on any atom is 0.0273 e. The number of benzene rings is 4. The van der Waals surface area contributed by atoms with Crippen LogP contribution in [0.1, 0.15) is 50.1 Å². The predicted molar refractivity (Wildman–Crippen MR) is 189 cm³/mol. The fourth-order valence-electron chi connectivity index (χ4n) is 5.40. The zero-order valence-electron chi connectivity index (χ0n) is 25.0. The van der Waals surface area contributed by atoms with Gasteiger partial charge in [0.25, 0.3) is 0 Å². The molecule has 4 aromatic carbocycles. The largest absolute Gasteiger partial charge is 0.102 e. The number of allylic oxidation sites excluding steroid dienone is 9. The van der Waals surface area contributed by atoms with E-state index in [9.17, 15) is 0 Å². The average molecular weight is 571 g/mol. The summed E-state index contributed by atoms with van der Waals surface area (Å²) in [5.41, 5.74) is 13.2. The molecule has 0 heteroatoms. The van der Waals surface area contributed by atoms with E-state index >= 15 is 0 Å². The van der Waals surface area contributed by atoms with Gasteiger partial charge in [0.2, 0.25) is 0 Å². The Bertz CT molecular complexity index is 1880. The fraction of sp³-hybridized carbons (Fsp3) is 0.0667. The van der Waals surface area contributed by atoms with Gasteiger partial charge in [-0.25, -0.2) is 0 Å². The SMILES string of the molecule is C=CC1C=C1c1ccc(C#Cc2cc(C#Cc3ccc(C4=CC4C=C)cc3)cc(C#Cc3ccc(C4=CC4C=C)cc3)c2)cc1. The van der Waals surface area contributed by atoms with E-state index in [1.807, 2.05) is 36.4 Å². The summed E-state index contributed by atoms with van der Waals surface area (Å²) in [6.07, 6.45) is 12.6.